The lowest BCUT2D eigenvalue weighted by molar-refractivity contribution is 0.948. The first-order chi connectivity index (χ1) is 7.35. The lowest BCUT2D eigenvalue weighted by Gasteiger charge is -2.02. The highest BCUT2D eigenvalue weighted by molar-refractivity contribution is 7.98. The standard InChI is InChI=1S/C11H13N3S/c1-15-9-4-2-8(3-5-9)10-7-13-14-11(10)6-12/h2-5,7H,6,12H2,1H3,(H,13,14). The molecule has 1 heterocycles. The number of hydrogen-bond donors (Lipinski definition) is 2. The van der Waals surface area contributed by atoms with Crippen LogP contribution in [0.2, 0.25) is 0 Å². The number of nitrogens with two attached hydrogens (primary N) is 1. The Morgan fingerprint density at radius 1 is 1.33 bits per heavy atom. The number of nitrogens with zero attached hydrogens (tertiary/aromatic N) is 1. The maximum atomic E-state index is 5.61. The SMILES string of the molecule is CSc1ccc(-c2cn[nH]c2CN)cc1. The molecule has 0 bridgehead atoms. The van der Waals surface area contributed by atoms with Crippen molar-refractivity contribution in [2.75, 3.05) is 6.26 Å². The van der Waals surface area contributed by atoms with Crippen molar-refractivity contribution in [3.8, 4) is 11.1 Å². The quantitative estimate of drug-likeness (QED) is 0.778. The Bertz CT molecular complexity index is 433. The van der Waals surface area contributed by atoms with Crippen LogP contribution >= 0.6 is 11.8 Å². The predicted octanol–water partition coefficient (Wildman–Crippen LogP) is 2.26. The molecule has 4 heteroatoms. The van der Waals surface area contributed by atoms with E-state index in [1.807, 2.05) is 6.20 Å². The van der Waals surface area contributed by atoms with E-state index >= 15 is 0 Å². The van der Waals surface area contributed by atoms with Gasteiger partial charge in [0.15, 0.2) is 0 Å². The van der Waals surface area contributed by atoms with Crippen LogP contribution in [0.3, 0.4) is 0 Å². The van der Waals surface area contributed by atoms with Crippen molar-refractivity contribution >= 4 is 11.8 Å². The molecule has 78 valence electrons. The van der Waals surface area contributed by atoms with Crippen molar-refractivity contribution in [1.82, 2.24) is 10.2 Å². The highest BCUT2D eigenvalue weighted by Crippen LogP contribution is 2.24. The number of benzene rings is 1. The van der Waals surface area contributed by atoms with Gasteiger partial charge in [0.2, 0.25) is 0 Å². The number of nitrogens with one attached hydrogen (secondary N) is 1. The fourth-order valence-electron chi connectivity index (χ4n) is 1.49. The highest BCUT2D eigenvalue weighted by Gasteiger charge is 2.05. The molecule has 0 atom stereocenters. The summed E-state index contributed by atoms with van der Waals surface area (Å²) in [6.07, 6.45) is 3.88. The second-order valence-corrected chi connectivity index (χ2v) is 4.07. The molecule has 0 saturated heterocycles. The van der Waals surface area contributed by atoms with E-state index in [9.17, 15) is 0 Å². The van der Waals surface area contributed by atoms with Gasteiger partial charge in [-0.15, -0.1) is 11.8 Å². The molecule has 1 aromatic carbocycles. The van der Waals surface area contributed by atoms with E-state index in [-0.39, 0.29) is 0 Å². The largest absolute Gasteiger partial charge is 0.325 e. The smallest absolute Gasteiger partial charge is 0.0569 e. The minimum atomic E-state index is 0.486. The zero-order chi connectivity index (χ0) is 10.7. The van der Waals surface area contributed by atoms with Gasteiger partial charge in [0.1, 0.15) is 0 Å². The van der Waals surface area contributed by atoms with Gasteiger partial charge in [-0.25, -0.2) is 0 Å². The van der Waals surface area contributed by atoms with E-state index in [1.165, 1.54) is 4.90 Å². The molecule has 15 heavy (non-hydrogen) atoms. The van der Waals surface area contributed by atoms with Gasteiger partial charge in [0, 0.05) is 17.0 Å². The van der Waals surface area contributed by atoms with E-state index in [4.69, 9.17) is 5.73 Å². The number of aromatic amines is 1. The van der Waals surface area contributed by atoms with Gasteiger partial charge in [-0.05, 0) is 24.0 Å². The Morgan fingerprint density at radius 3 is 2.67 bits per heavy atom. The van der Waals surface area contributed by atoms with Crippen LogP contribution < -0.4 is 5.73 Å². The molecule has 0 aliphatic carbocycles. The van der Waals surface area contributed by atoms with Crippen molar-refractivity contribution < 1.29 is 0 Å². The van der Waals surface area contributed by atoms with Crippen molar-refractivity contribution in [3.05, 3.63) is 36.2 Å². The minimum absolute atomic E-state index is 0.486. The summed E-state index contributed by atoms with van der Waals surface area (Å²) in [4.78, 5) is 1.26. The summed E-state index contributed by atoms with van der Waals surface area (Å²) in [5.74, 6) is 0. The number of H-pyrrole nitrogens is 1. The van der Waals surface area contributed by atoms with Gasteiger partial charge in [-0.3, -0.25) is 5.10 Å². The van der Waals surface area contributed by atoms with Gasteiger partial charge in [0.25, 0.3) is 0 Å². The molecular formula is C11H13N3S. The molecule has 1 aromatic heterocycles. The van der Waals surface area contributed by atoms with Crippen molar-refractivity contribution in [1.29, 1.82) is 0 Å². The van der Waals surface area contributed by atoms with Crippen molar-refractivity contribution in [2.45, 2.75) is 11.4 Å². The minimum Gasteiger partial charge on any atom is -0.325 e. The summed E-state index contributed by atoms with van der Waals surface area (Å²) in [5.41, 5.74) is 8.83. The number of rotatable bonds is 3. The summed E-state index contributed by atoms with van der Waals surface area (Å²) >= 11 is 1.74. The Labute approximate surface area is 93.1 Å². The fourth-order valence-corrected chi connectivity index (χ4v) is 1.90. The second kappa shape index (κ2) is 4.51. The Morgan fingerprint density at radius 2 is 2.07 bits per heavy atom. The third kappa shape index (κ3) is 2.06. The molecule has 0 amide bonds. The molecule has 0 fully saturated rings. The molecular weight excluding hydrogens is 206 g/mol. The van der Waals surface area contributed by atoms with Crippen LogP contribution in [-0.2, 0) is 6.54 Å². The van der Waals surface area contributed by atoms with Gasteiger partial charge in [0.05, 0.1) is 11.9 Å². The van der Waals surface area contributed by atoms with Gasteiger partial charge in [-0.1, -0.05) is 12.1 Å². The molecule has 3 N–H and O–H groups in total. The Kier molecular flexibility index (Phi) is 3.08. The molecule has 0 saturated carbocycles. The molecule has 2 aromatic rings. The maximum absolute atomic E-state index is 5.61. The van der Waals surface area contributed by atoms with E-state index in [2.05, 4.69) is 40.7 Å². The normalized spacial score (nSPS) is 10.5. The summed E-state index contributed by atoms with van der Waals surface area (Å²) in [5, 5.41) is 6.90. The molecule has 3 nitrogen and oxygen atoms in total. The maximum Gasteiger partial charge on any atom is 0.0569 e. The van der Waals surface area contributed by atoms with Crippen LogP contribution in [0, 0.1) is 0 Å². The van der Waals surface area contributed by atoms with Crippen LogP contribution in [0.1, 0.15) is 5.69 Å². The van der Waals surface area contributed by atoms with E-state index in [0.29, 0.717) is 6.54 Å². The number of aromatic nitrogens is 2. The summed E-state index contributed by atoms with van der Waals surface area (Å²) < 4.78 is 0. The summed E-state index contributed by atoms with van der Waals surface area (Å²) in [6.45, 7) is 0.486. The van der Waals surface area contributed by atoms with Crippen molar-refractivity contribution in [3.63, 3.8) is 0 Å². The molecule has 0 spiro atoms. The Balaban J connectivity index is 2.37. The van der Waals surface area contributed by atoms with Crippen LogP contribution in [-0.4, -0.2) is 16.5 Å². The molecule has 2 rings (SSSR count). The van der Waals surface area contributed by atoms with Crippen LogP contribution in [0.15, 0.2) is 35.4 Å². The molecule has 0 radical (unpaired) electrons. The third-order valence-electron chi connectivity index (χ3n) is 2.32. The third-order valence-corrected chi connectivity index (χ3v) is 3.07. The zero-order valence-electron chi connectivity index (χ0n) is 8.53. The summed E-state index contributed by atoms with van der Waals surface area (Å²) in [6, 6.07) is 8.40. The first kappa shape index (κ1) is 10.3. The average Bonchev–Trinajstić information content (AvgIpc) is 2.77. The Hall–Kier alpha value is -1.26. The number of thioether (sulfide) groups is 1. The highest BCUT2D eigenvalue weighted by atomic mass is 32.2. The molecule has 0 aliphatic heterocycles. The fraction of sp³-hybridized carbons (Fsp3) is 0.182. The van der Waals surface area contributed by atoms with Gasteiger partial charge >= 0.3 is 0 Å². The van der Waals surface area contributed by atoms with E-state index < -0.39 is 0 Å². The monoisotopic (exact) mass is 219 g/mol. The van der Waals surface area contributed by atoms with E-state index in [0.717, 1.165) is 16.8 Å². The molecule has 0 aliphatic rings. The van der Waals surface area contributed by atoms with Gasteiger partial charge in [-0.2, -0.15) is 5.10 Å². The van der Waals surface area contributed by atoms with Crippen LogP contribution in [0.5, 0.6) is 0 Å². The topological polar surface area (TPSA) is 54.7 Å². The second-order valence-electron chi connectivity index (χ2n) is 3.19. The summed E-state index contributed by atoms with van der Waals surface area (Å²) in [7, 11) is 0. The number of hydrogen-bond acceptors (Lipinski definition) is 3. The van der Waals surface area contributed by atoms with Crippen LogP contribution in [0.25, 0.3) is 11.1 Å². The van der Waals surface area contributed by atoms with E-state index in [1.54, 1.807) is 11.8 Å². The first-order valence-corrected chi connectivity index (χ1v) is 5.94. The lowest BCUT2D eigenvalue weighted by Crippen LogP contribution is -1.98. The lowest BCUT2D eigenvalue weighted by atomic mass is 10.1. The zero-order valence-corrected chi connectivity index (χ0v) is 9.34. The van der Waals surface area contributed by atoms with Crippen molar-refractivity contribution in [2.24, 2.45) is 5.73 Å². The molecule has 0 unspecified atom stereocenters. The predicted molar refractivity (Wildman–Crippen MR) is 63.7 cm³/mol. The first-order valence-electron chi connectivity index (χ1n) is 4.72. The average molecular weight is 219 g/mol. The van der Waals surface area contributed by atoms with Crippen LogP contribution in [0.4, 0.5) is 0 Å². The van der Waals surface area contributed by atoms with Gasteiger partial charge < -0.3 is 5.73 Å².